The van der Waals surface area contributed by atoms with E-state index < -0.39 is 6.04 Å². The van der Waals surface area contributed by atoms with Gasteiger partial charge >= 0.3 is 0 Å². The molecule has 5 nitrogen and oxygen atoms in total. The minimum atomic E-state index is -0.420. The van der Waals surface area contributed by atoms with Crippen LogP contribution in [-0.4, -0.2) is 23.1 Å². The first-order chi connectivity index (χ1) is 13.2. The maximum atomic E-state index is 12.4. The third kappa shape index (κ3) is 3.53. The Morgan fingerprint density at radius 2 is 1.74 bits per heavy atom. The molecule has 4 aromatic rings. The Morgan fingerprint density at radius 3 is 2.63 bits per heavy atom. The van der Waals surface area contributed by atoms with E-state index in [1.165, 1.54) is 0 Å². The molecule has 0 saturated carbocycles. The van der Waals surface area contributed by atoms with Crippen LogP contribution < -0.4 is 10.7 Å². The number of aromatic amines is 1. The second kappa shape index (κ2) is 7.33. The van der Waals surface area contributed by atoms with E-state index in [0.29, 0.717) is 0 Å². The topological polar surface area (TPSA) is 69.3 Å². The average molecular weight is 356 g/mol. The lowest BCUT2D eigenvalue weighted by Gasteiger charge is -2.15. The third-order valence-electron chi connectivity index (χ3n) is 4.55. The average Bonchev–Trinajstić information content (AvgIpc) is 3.11. The Labute approximate surface area is 157 Å². The number of aromatic nitrogens is 1. The fraction of sp³-hybridized carbons (Fsp3) is 0.0909. The van der Waals surface area contributed by atoms with E-state index >= 15 is 0 Å². The summed E-state index contributed by atoms with van der Waals surface area (Å²) in [5, 5.41) is 10.7. The molecular formula is C22H20N4O. The highest BCUT2D eigenvalue weighted by molar-refractivity contribution is 5.99. The van der Waals surface area contributed by atoms with Crippen molar-refractivity contribution in [2.75, 3.05) is 5.32 Å². The molecule has 27 heavy (non-hydrogen) atoms. The summed E-state index contributed by atoms with van der Waals surface area (Å²) in [5.74, 6) is -0.195. The Morgan fingerprint density at radius 1 is 1.00 bits per heavy atom. The predicted molar refractivity (Wildman–Crippen MR) is 111 cm³/mol. The van der Waals surface area contributed by atoms with Gasteiger partial charge in [-0.3, -0.25) is 4.79 Å². The second-order valence-electron chi connectivity index (χ2n) is 6.42. The van der Waals surface area contributed by atoms with Gasteiger partial charge in [0.1, 0.15) is 6.04 Å². The number of nitrogens with zero attached hydrogens (tertiary/aromatic N) is 1. The zero-order valence-electron chi connectivity index (χ0n) is 14.9. The normalized spacial score (nSPS) is 12.5. The number of rotatable bonds is 5. The molecule has 1 aromatic heterocycles. The first-order valence-electron chi connectivity index (χ1n) is 8.86. The van der Waals surface area contributed by atoms with Crippen molar-refractivity contribution in [3.05, 3.63) is 78.5 Å². The molecule has 0 saturated heterocycles. The lowest BCUT2D eigenvalue weighted by molar-refractivity contribution is -0.121. The second-order valence-corrected chi connectivity index (χ2v) is 6.42. The number of carbonyl (C=O) groups is 1. The van der Waals surface area contributed by atoms with E-state index in [9.17, 15) is 4.79 Å². The first-order valence-corrected chi connectivity index (χ1v) is 8.86. The number of anilines is 1. The highest BCUT2D eigenvalue weighted by Gasteiger charge is 2.13. The molecule has 0 spiro atoms. The Kier molecular flexibility index (Phi) is 4.58. The van der Waals surface area contributed by atoms with Gasteiger partial charge in [0.05, 0.1) is 6.21 Å². The van der Waals surface area contributed by atoms with Crippen LogP contribution in [0.3, 0.4) is 0 Å². The molecule has 1 heterocycles. The number of fused-ring (bicyclic) bond motifs is 2. The number of benzene rings is 3. The third-order valence-corrected chi connectivity index (χ3v) is 4.55. The van der Waals surface area contributed by atoms with E-state index in [0.717, 1.165) is 32.9 Å². The lowest BCUT2D eigenvalue weighted by Crippen LogP contribution is -2.34. The smallest absolute Gasteiger partial charge is 0.262 e. The van der Waals surface area contributed by atoms with Crippen LogP contribution in [0.1, 0.15) is 12.5 Å². The van der Waals surface area contributed by atoms with E-state index in [1.54, 1.807) is 6.21 Å². The van der Waals surface area contributed by atoms with Gasteiger partial charge in [0.25, 0.3) is 5.91 Å². The molecule has 0 aliphatic carbocycles. The molecule has 3 N–H and O–H groups in total. The van der Waals surface area contributed by atoms with Crippen LogP contribution in [0.4, 0.5) is 5.69 Å². The first kappa shape index (κ1) is 16.8. The number of H-pyrrole nitrogens is 1. The highest BCUT2D eigenvalue weighted by atomic mass is 16.2. The zero-order valence-corrected chi connectivity index (χ0v) is 14.9. The molecule has 1 atom stereocenters. The van der Waals surface area contributed by atoms with Gasteiger partial charge in [-0.1, -0.05) is 54.6 Å². The largest absolute Gasteiger partial charge is 0.373 e. The fourth-order valence-electron chi connectivity index (χ4n) is 3.11. The Balaban J connectivity index is 1.43. The fourth-order valence-corrected chi connectivity index (χ4v) is 3.11. The monoisotopic (exact) mass is 356 g/mol. The van der Waals surface area contributed by atoms with Gasteiger partial charge in [0, 0.05) is 33.7 Å². The summed E-state index contributed by atoms with van der Waals surface area (Å²) < 4.78 is 0. The minimum Gasteiger partial charge on any atom is -0.373 e. The van der Waals surface area contributed by atoms with Crippen molar-refractivity contribution in [1.29, 1.82) is 0 Å². The molecule has 3 aromatic carbocycles. The van der Waals surface area contributed by atoms with Crippen LogP contribution >= 0.6 is 0 Å². The number of hydrogen-bond acceptors (Lipinski definition) is 3. The van der Waals surface area contributed by atoms with Crippen LogP contribution in [0.2, 0.25) is 0 Å². The standard InChI is InChI=1S/C22H20N4O/c1-15(25-21-12-6-8-16-7-2-3-9-18(16)21)22(27)26-24-14-17-13-23-20-11-5-4-10-19(17)20/h2-15,23,25H,1H3,(H,26,27). The number of nitrogens with one attached hydrogen (secondary N) is 3. The van der Waals surface area contributed by atoms with Crippen molar-refractivity contribution < 1.29 is 4.79 Å². The predicted octanol–water partition coefficient (Wildman–Crippen LogP) is 4.27. The molecular weight excluding hydrogens is 336 g/mol. The molecule has 1 amide bonds. The molecule has 0 bridgehead atoms. The van der Waals surface area contributed by atoms with E-state index in [2.05, 4.69) is 33.0 Å². The van der Waals surface area contributed by atoms with Gasteiger partial charge in [-0.25, -0.2) is 5.43 Å². The van der Waals surface area contributed by atoms with Crippen LogP contribution in [0.25, 0.3) is 21.7 Å². The van der Waals surface area contributed by atoms with E-state index in [-0.39, 0.29) is 5.91 Å². The summed E-state index contributed by atoms with van der Waals surface area (Å²) in [6.07, 6.45) is 3.53. The van der Waals surface area contributed by atoms with Crippen molar-refractivity contribution in [2.24, 2.45) is 5.10 Å². The van der Waals surface area contributed by atoms with Gasteiger partial charge in [-0.05, 0) is 24.4 Å². The van der Waals surface area contributed by atoms with E-state index in [4.69, 9.17) is 0 Å². The summed E-state index contributed by atoms with van der Waals surface area (Å²) >= 11 is 0. The number of carbonyl (C=O) groups excluding carboxylic acids is 1. The van der Waals surface area contributed by atoms with Crippen molar-refractivity contribution in [3.63, 3.8) is 0 Å². The van der Waals surface area contributed by atoms with Crippen LogP contribution in [-0.2, 0) is 4.79 Å². The van der Waals surface area contributed by atoms with Crippen LogP contribution in [0.5, 0.6) is 0 Å². The van der Waals surface area contributed by atoms with Gasteiger partial charge in [-0.2, -0.15) is 5.10 Å². The molecule has 1 unspecified atom stereocenters. The zero-order chi connectivity index (χ0) is 18.6. The molecule has 0 fully saturated rings. The number of para-hydroxylation sites is 1. The summed E-state index contributed by atoms with van der Waals surface area (Å²) in [6.45, 7) is 1.82. The summed E-state index contributed by atoms with van der Waals surface area (Å²) in [5.41, 5.74) is 5.50. The summed E-state index contributed by atoms with van der Waals surface area (Å²) in [6, 6.07) is 21.6. The van der Waals surface area contributed by atoms with Crippen molar-refractivity contribution >= 4 is 39.5 Å². The number of hydrazone groups is 1. The molecule has 4 rings (SSSR count). The number of amides is 1. The molecule has 0 aliphatic rings. The van der Waals surface area contributed by atoms with Gasteiger partial charge in [0.15, 0.2) is 0 Å². The van der Waals surface area contributed by atoms with Crippen molar-refractivity contribution in [1.82, 2.24) is 10.4 Å². The lowest BCUT2D eigenvalue weighted by atomic mass is 10.1. The van der Waals surface area contributed by atoms with Gasteiger partial charge < -0.3 is 10.3 Å². The Hall–Kier alpha value is -3.60. The maximum Gasteiger partial charge on any atom is 0.262 e. The van der Waals surface area contributed by atoms with Gasteiger partial charge in [0.2, 0.25) is 0 Å². The summed E-state index contributed by atoms with van der Waals surface area (Å²) in [7, 11) is 0. The van der Waals surface area contributed by atoms with E-state index in [1.807, 2.05) is 67.7 Å². The number of hydrogen-bond donors (Lipinski definition) is 3. The quantitative estimate of drug-likeness (QED) is 0.369. The highest BCUT2D eigenvalue weighted by Crippen LogP contribution is 2.23. The SMILES string of the molecule is CC(Nc1cccc2ccccc12)C(=O)NN=Cc1c[nH]c2ccccc12. The summed E-state index contributed by atoms with van der Waals surface area (Å²) in [4.78, 5) is 15.6. The van der Waals surface area contributed by atoms with Gasteiger partial charge in [-0.15, -0.1) is 0 Å². The maximum absolute atomic E-state index is 12.4. The molecule has 5 heteroatoms. The van der Waals surface area contributed by atoms with Crippen LogP contribution in [0.15, 0.2) is 78.0 Å². The molecule has 134 valence electrons. The van der Waals surface area contributed by atoms with Crippen molar-refractivity contribution in [3.8, 4) is 0 Å². The van der Waals surface area contributed by atoms with Crippen molar-refractivity contribution in [2.45, 2.75) is 13.0 Å². The minimum absolute atomic E-state index is 0.195. The van der Waals surface area contributed by atoms with Crippen LogP contribution in [0, 0.1) is 0 Å². The Bertz CT molecular complexity index is 1120. The molecule has 0 radical (unpaired) electrons. The molecule has 0 aliphatic heterocycles.